The van der Waals surface area contributed by atoms with Gasteiger partial charge in [-0.1, -0.05) is 41.3 Å². The second-order valence-electron chi connectivity index (χ2n) is 4.57. The highest BCUT2D eigenvalue weighted by Crippen LogP contribution is 2.33. The molecule has 0 heterocycles. The number of alkyl halides is 1. The van der Waals surface area contributed by atoms with Crippen LogP contribution in [0.3, 0.4) is 0 Å². The summed E-state index contributed by atoms with van der Waals surface area (Å²) in [6, 6.07) is 3.82. The molecule has 1 aliphatic carbocycles. The van der Waals surface area contributed by atoms with Gasteiger partial charge in [0, 0.05) is 10.9 Å². The summed E-state index contributed by atoms with van der Waals surface area (Å²) in [5, 5.41) is 0. The average molecular weight is 289 g/mol. The maximum absolute atomic E-state index is 13.4. The summed E-state index contributed by atoms with van der Waals surface area (Å²) >= 11 is 3.58. The predicted molar refractivity (Wildman–Crippen MR) is 64.7 cm³/mol. The third kappa shape index (κ3) is 3.03. The maximum atomic E-state index is 13.4. The molecule has 1 aromatic rings. The topological polar surface area (TPSA) is 0 Å². The lowest BCUT2D eigenvalue weighted by Gasteiger charge is -2.27. The summed E-state index contributed by atoms with van der Waals surface area (Å²) in [5.74, 6) is -0.141. The fourth-order valence-electron chi connectivity index (χ4n) is 2.10. The van der Waals surface area contributed by atoms with Crippen molar-refractivity contribution in [3.05, 3.63) is 35.4 Å². The quantitative estimate of drug-likeness (QED) is 0.718. The van der Waals surface area contributed by atoms with Gasteiger partial charge < -0.3 is 0 Å². The van der Waals surface area contributed by atoms with E-state index in [1.807, 2.05) is 0 Å². The van der Waals surface area contributed by atoms with Gasteiger partial charge in [0.05, 0.1) is 0 Å². The Hall–Kier alpha value is -0.440. The van der Waals surface area contributed by atoms with Crippen LogP contribution in [-0.2, 0) is 6.42 Å². The molecule has 1 aromatic carbocycles. The lowest BCUT2D eigenvalue weighted by atomic mass is 9.81. The molecule has 1 aliphatic rings. The van der Waals surface area contributed by atoms with Crippen molar-refractivity contribution >= 4 is 15.9 Å². The van der Waals surface area contributed by atoms with Crippen molar-refractivity contribution in [3.8, 4) is 0 Å². The first-order valence-electron chi connectivity index (χ1n) is 5.73. The van der Waals surface area contributed by atoms with Gasteiger partial charge in [-0.2, -0.15) is 0 Å². The van der Waals surface area contributed by atoms with Gasteiger partial charge in [-0.15, -0.1) is 0 Å². The standard InChI is InChI=1S/C13H15BrF2/c14-11(6-9-2-1-3-9)7-10-4-5-12(15)8-13(10)16/h4-5,8-9,11H,1-3,6-7H2. The minimum Gasteiger partial charge on any atom is -0.207 e. The van der Waals surface area contributed by atoms with Crippen LogP contribution in [0, 0.1) is 17.6 Å². The van der Waals surface area contributed by atoms with Gasteiger partial charge >= 0.3 is 0 Å². The zero-order valence-corrected chi connectivity index (χ0v) is 10.6. The van der Waals surface area contributed by atoms with Crippen LogP contribution in [0.2, 0.25) is 0 Å². The number of rotatable bonds is 4. The second kappa shape index (κ2) is 5.26. The Labute approximate surface area is 103 Å². The summed E-state index contributed by atoms with van der Waals surface area (Å²) in [5.41, 5.74) is 0.600. The molecule has 1 atom stereocenters. The molecule has 0 radical (unpaired) electrons. The van der Waals surface area contributed by atoms with Gasteiger partial charge in [-0.25, -0.2) is 8.78 Å². The first kappa shape index (κ1) is 12.0. The minimum atomic E-state index is -0.508. The predicted octanol–water partition coefficient (Wildman–Crippen LogP) is 4.46. The van der Waals surface area contributed by atoms with Crippen LogP contribution in [0.15, 0.2) is 18.2 Å². The molecule has 1 saturated carbocycles. The highest BCUT2D eigenvalue weighted by Gasteiger charge is 2.21. The summed E-state index contributed by atoms with van der Waals surface area (Å²) < 4.78 is 26.1. The van der Waals surface area contributed by atoms with Crippen LogP contribution >= 0.6 is 15.9 Å². The Morgan fingerprint density at radius 3 is 2.62 bits per heavy atom. The normalized spacial score (nSPS) is 18.2. The summed E-state index contributed by atoms with van der Waals surface area (Å²) in [4.78, 5) is 0.303. The zero-order chi connectivity index (χ0) is 11.5. The van der Waals surface area contributed by atoms with Crippen molar-refractivity contribution in [2.24, 2.45) is 5.92 Å². The van der Waals surface area contributed by atoms with Crippen LogP contribution in [-0.4, -0.2) is 4.83 Å². The second-order valence-corrected chi connectivity index (χ2v) is 5.86. The molecule has 0 spiro atoms. The number of benzene rings is 1. The van der Waals surface area contributed by atoms with Gasteiger partial charge in [0.25, 0.3) is 0 Å². The highest BCUT2D eigenvalue weighted by atomic mass is 79.9. The molecule has 0 bridgehead atoms. The Morgan fingerprint density at radius 1 is 1.31 bits per heavy atom. The molecule has 2 rings (SSSR count). The molecule has 88 valence electrons. The highest BCUT2D eigenvalue weighted by molar-refractivity contribution is 9.09. The summed E-state index contributed by atoms with van der Waals surface area (Å²) in [7, 11) is 0. The SMILES string of the molecule is Fc1ccc(CC(Br)CC2CCC2)c(F)c1. The van der Waals surface area contributed by atoms with Gasteiger partial charge in [0.2, 0.25) is 0 Å². The molecule has 0 N–H and O–H groups in total. The fourth-order valence-corrected chi connectivity index (χ4v) is 2.98. The van der Waals surface area contributed by atoms with E-state index in [1.165, 1.54) is 25.3 Å². The number of halogens is 3. The van der Waals surface area contributed by atoms with Gasteiger partial charge in [-0.3, -0.25) is 0 Å². The smallest absolute Gasteiger partial charge is 0.129 e. The lowest BCUT2D eigenvalue weighted by molar-refractivity contribution is 0.294. The molecule has 1 unspecified atom stereocenters. The van der Waals surface area contributed by atoms with Crippen molar-refractivity contribution in [2.45, 2.75) is 36.9 Å². The van der Waals surface area contributed by atoms with E-state index in [4.69, 9.17) is 0 Å². The van der Waals surface area contributed by atoms with Gasteiger partial charge in [-0.05, 0) is 30.4 Å². The van der Waals surface area contributed by atoms with E-state index in [1.54, 1.807) is 6.07 Å². The molecule has 0 nitrogen and oxygen atoms in total. The van der Waals surface area contributed by atoms with Crippen molar-refractivity contribution in [1.29, 1.82) is 0 Å². The molecule has 0 aliphatic heterocycles. The molecule has 16 heavy (non-hydrogen) atoms. The molecule has 0 saturated heterocycles. The first-order chi connectivity index (χ1) is 7.65. The average Bonchev–Trinajstić information content (AvgIpc) is 2.16. The van der Waals surface area contributed by atoms with Crippen molar-refractivity contribution in [1.82, 2.24) is 0 Å². The lowest BCUT2D eigenvalue weighted by Crippen LogP contribution is -2.17. The third-order valence-electron chi connectivity index (χ3n) is 3.27. The number of hydrogen-bond acceptors (Lipinski definition) is 0. The molecule has 0 amide bonds. The third-order valence-corrected chi connectivity index (χ3v) is 3.97. The molecule has 0 aromatic heterocycles. The number of hydrogen-bond donors (Lipinski definition) is 0. The van der Waals surface area contributed by atoms with Gasteiger partial charge in [0.15, 0.2) is 0 Å². The van der Waals surface area contributed by atoms with Crippen LogP contribution in [0.4, 0.5) is 8.78 Å². The van der Waals surface area contributed by atoms with Crippen LogP contribution in [0.5, 0.6) is 0 Å². The molecule has 3 heteroatoms. The van der Waals surface area contributed by atoms with E-state index < -0.39 is 11.6 Å². The van der Waals surface area contributed by atoms with Crippen LogP contribution in [0.1, 0.15) is 31.2 Å². The van der Waals surface area contributed by atoms with E-state index in [9.17, 15) is 8.78 Å². The van der Waals surface area contributed by atoms with Crippen LogP contribution in [0.25, 0.3) is 0 Å². The summed E-state index contributed by atoms with van der Waals surface area (Å²) in [6.45, 7) is 0. The Kier molecular flexibility index (Phi) is 3.95. The largest absolute Gasteiger partial charge is 0.207 e. The summed E-state index contributed by atoms with van der Waals surface area (Å²) in [6.07, 6.45) is 5.66. The minimum absolute atomic E-state index is 0.303. The Morgan fingerprint density at radius 2 is 2.06 bits per heavy atom. The molecular formula is C13H15BrF2. The van der Waals surface area contributed by atoms with E-state index >= 15 is 0 Å². The van der Waals surface area contributed by atoms with Crippen molar-refractivity contribution < 1.29 is 8.78 Å². The van der Waals surface area contributed by atoms with E-state index in [0.29, 0.717) is 16.8 Å². The molecule has 1 fully saturated rings. The van der Waals surface area contributed by atoms with Crippen molar-refractivity contribution in [2.75, 3.05) is 0 Å². The maximum Gasteiger partial charge on any atom is 0.129 e. The monoisotopic (exact) mass is 288 g/mol. The Balaban J connectivity index is 1.91. The van der Waals surface area contributed by atoms with Crippen LogP contribution < -0.4 is 0 Å². The van der Waals surface area contributed by atoms with Gasteiger partial charge in [0.1, 0.15) is 11.6 Å². The Bertz CT molecular complexity index is 361. The van der Waals surface area contributed by atoms with Crippen molar-refractivity contribution in [3.63, 3.8) is 0 Å². The van der Waals surface area contributed by atoms with E-state index in [0.717, 1.165) is 18.4 Å². The zero-order valence-electron chi connectivity index (χ0n) is 9.06. The van der Waals surface area contributed by atoms with E-state index in [2.05, 4.69) is 15.9 Å². The van der Waals surface area contributed by atoms with E-state index in [-0.39, 0.29) is 0 Å². The molecular weight excluding hydrogens is 274 g/mol. The first-order valence-corrected chi connectivity index (χ1v) is 6.64. The fraction of sp³-hybridized carbons (Fsp3) is 0.538.